The molecule has 0 atom stereocenters. The van der Waals surface area contributed by atoms with Crippen LogP contribution in [0.4, 0.5) is 5.69 Å². The molecule has 0 aliphatic carbocycles. The van der Waals surface area contributed by atoms with E-state index in [0.29, 0.717) is 33.6 Å². The van der Waals surface area contributed by atoms with Crippen molar-refractivity contribution in [3.05, 3.63) is 84.1 Å². The van der Waals surface area contributed by atoms with Crippen LogP contribution in [0.3, 0.4) is 0 Å². The van der Waals surface area contributed by atoms with Crippen LogP contribution >= 0.6 is 0 Å². The fourth-order valence-electron chi connectivity index (χ4n) is 2.81. The van der Waals surface area contributed by atoms with E-state index < -0.39 is 5.97 Å². The molecular formula is C21H14N2O4. The largest absolute Gasteiger partial charge is 0.478 e. The minimum Gasteiger partial charge on any atom is -0.478 e. The van der Waals surface area contributed by atoms with Gasteiger partial charge in [-0.3, -0.25) is 4.79 Å². The van der Waals surface area contributed by atoms with E-state index in [4.69, 9.17) is 9.52 Å². The molecule has 4 aromatic rings. The van der Waals surface area contributed by atoms with Gasteiger partial charge in [0.1, 0.15) is 5.69 Å². The second-order valence-corrected chi connectivity index (χ2v) is 5.89. The maximum atomic E-state index is 12.9. The maximum Gasteiger partial charge on any atom is 0.335 e. The molecule has 2 N–H and O–H groups in total. The summed E-state index contributed by atoms with van der Waals surface area (Å²) >= 11 is 0. The Balaban J connectivity index is 1.73. The number of rotatable bonds is 4. The first-order valence-electron chi connectivity index (χ1n) is 8.20. The molecule has 2 aromatic carbocycles. The van der Waals surface area contributed by atoms with Gasteiger partial charge in [0.25, 0.3) is 5.91 Å². The van der Waals surface area contributed by atoms with Gasteiger partial charge in [-0.1, -0.05) is 18.2 Å². The SMILES string of the molecule is O=C(O)c1ccc(NC(=O)c2cc(-c3ccco3)nc3ccccc23)cc1. The van der Waals surface area contributed by atoms with Gasteiger partial charge in [0.2, 0.25) is 0 Å². The lowest BCUT2D eigenvalue weighted by atomic mass is 10.1. The summed E-state index contributed by atoms with van der Waals surface area (Å²) in [6, 6.07) is 18.6. The predicted molar refractivity (Wildman–Crippen MR) is 101 cm³/mol. The number of carboxylic acid groups (broad SMARTS) is 1. The Hall–Kier alpha value is -3.93. The quantitative estimate of drug-likeness (QED) is 0.562. The lowest BCUT2D eigenvalue weighted by Gasteiger charge is -2.10. The number of pyridine rings is 1. The number of benzene rings is 2. The van der Waals surface area contributed by atoms with E-state index in [9.17, 15) is 9.59 Å². The number of anilines is 1. The van der Waals surface area contributed by atoms with Crippen LogP contribution in [0.1, 0.15) is 20.7 Å². The van der Waals surface area contributed by atoms with E-state index in [1.807, 2.05) is 24.3 Å². The monoisotopic (exact) mass is 358 g/mol. The highest BCUT2D eigenvalue weighted by atomic mass is 16.4. The van der Waals surface area contributed by atoms with Gasteiger partial charge >= 0.3 is 5.97 Å². The third-order valence-corrected chi connectivity index (χ3v) is 4.12. The van der Waals surface area contributed by atoms with Gasteiger partial charge in [0.05, 0.1) is 22.9 Å². The highest BCUT2D eigenvalue weighted by Gasteiger charge is 2.15. The number of aromatic nitrogens is 1. The number of carboxylic acids is 1. The molecule has 1 amide bonds. The number of nitrogens with one attached hydrogen (secondary N) is 1. The van der Waals surface area contributed by atoms with Crippen LogP contribution in [0, 0.1) is 0 Å². The molecule has 132 valence electrons. The molecule has 2 aromatic heterocycles. The number of furan rings is 1. The lowest BCUT2D eigenvalue weighted by molar-refractivity contribution is 0.0696. The lowest BCUT2D eigenvalue weighted by Crippen LogP contribution is -2.13. The van der Waals surface area contributed by atoms with Gasteiger partial charge in [0, 0.05) is 11.1 Å². The molecule has 0 saturated heterocycles. The molecule has 4 rings (SSSR count). The molecule has 0 radical (unpaired) electrons. The Kier molecular flexibility index (Phi) is 4.14. The van der Waals surface area contributed by atoms with Crippen molar-refractivity contribution in [1.82, 2.24) is 4.98 Å². The zero-order valence-electron chi connectivity index (χ0n) is 14.0. The first-order chi connectivity index (χ1) is 13.1. The summed E-state index contributed by atoms with van der Waals surface area (Å²) in [4.78, 5) is 28.4. The van der Waals surface area contributed by atoms with Crippen molar-refractivity contribution >= 4 is 28.5 Å². The number of hydrogen-bond donors (Lipinski definition) is 2. The molecule has 6 heteroatoms. The molecule has 0 aliphatic rings. The fourth-order valence-corrected chi connectivity index (χ4v) is 2.81. The first-order valence-corrected chi connectivity index (χ1v) is 8.20. The predicted octanol–water partition coefficient (Wildman–Crippen LogP) is 4.45. The van der Waals surface area contributed by atoms with Gasteiger partial charge in [-0.05, 0) is 48.5 Å². The molecule has 0 unspecified atom stereocenters. The van der Waals surface area contributed by atoms with E-state index >= 15 is 0 Å². The third kappa shape index (κ3) is 3.28. The fraction of sp³-hybridized carbons (Fsp3) is 0. The Bertz CT molecular complexity index is 1130. The summed E-state index contributed by atoms with van der Waals surface area (Å²) in [5.41, 5.74) is 2.35. The second-order valence-electron chi connectivity index (χ2n) is 5.89. The van der Waals surface area contributed by atoms with Crippen LogP contribution in [0.15, 0.2) is 77.4 Å². The smallest absolute Gasteiger partial charge is 0.335 e. The minimum absolute atomic E-state index is 0.155. The first kappa shape index (κ1) is 16.5. The van der Waals surface area contributed by atoms with Crippen molar-refractivity contribution in [3.63, 3.8) is 0 Å². The average molecular weight is 358 g/mol. The van der Waals surface area contributed by atoms with Crippen molar-refractivity contribution < 1.29 is 19.1 Å². The number of hydrogen-bond acceptors (Lipinski definition) is 4. The van der Waals surface area contributed by atoms with Gasteiger partial charge in [-0.2, -0.15) is 0 Å². The van der Waals surface area contributed by atoms with E-state index in [-0.39, 0.29) is 11.5 Å². The molecule has 0 bridgehead atoms. The number of aromatic carboxylic acids is 1. The Labute approximate surface area is 154 Å². The van der Waals surface area contributed by atoms with Gasteiger partial charge in [-0.15, -0.1) is 0 Å². The van der Waals surface area contributed by atoms with Crippen molar-refractivity contribution in [2.24, 2.45) is 0 Å². The highest BCUT2D eigenvalue weighted by Crippen LogP contribution is 2.26. The topological polar surface area (TPSA) is 92.4 Å². The van der Waals surface area contributed by atoms with E-state index in [0.717, 1.165) is 0 Å². The third-order valence-electron chi connectivity index (χ3n) is 4.12. The normalized spacial score (nSPS) is 10.7. The number of fused-ring (bicyclic) bond motifs is 1. The summed E-state index contributed by atoms with van der Waals surface area (Å²) in [5.74, 6) is -0.763. The summed E-state index contributed by atoms with van der Waals surface area (Å²) in [7, 11) is 0. The summed E-state index contributed by atoms with van der Waals surface area (Å²) in [5, 5.41) is 12.5. The van der Waals surface area contributed by atoms with E-state index in [1.54, 1.807) is 36.6 Å². The molecule has 0 spiro atoms. The van der Waals surface area contributed by atoms with Gasteiger partial charge in [0.15, 0.2) is 5.76 Å². The summed E-state index contributed by atoms with van der Waals surface area (Å²) < 4.78 is 5.41. The average Bonchev–Trinajstić information content (AvgIpc) is 3.22. The number of para-hydroxylation sites is 1. The van der Waals surface area contributed by atoms with E-state index in [1.165, 1.54) is 12.1 Å². The highest BCUT2D eigenvalue weighted by molar-refractivity contribution is 6.13. The molecule has 27 heavy (non-hydrogen) atoms. The molecule has 2 heterocycles. The number of amides is 1. The molecule has 6 nitrogen and oxygen atoms in total. The van der Waals surface area contributed by atoms with Crippen molar-refractivity contribution in [2.45, 2.75) is 0 Å². The van der Waals surface area contributed by atoms with Crippen LogP contribution in [-0.2, 0) is 0 Å². The Morgan fingerprint density at radius 1 is 0.963 bits per heavy atom. The van der Waals surface area contributed by atoms with E-state index in [2.05, 4.69) is 10.3 Å². The zero-order chi connectivity index (χ0) is 18.8. The van der Waals surface area contributed by atoms with Crippen molar-refractivity contribution in [1.29, 1.82) is 0 Å². The van der Waals surface area contributed by atoms with Crippen molar-refractivity contribution in [3.8, 4) is 11.5 Å². The van der Waals surface area contributed by atoms with Crippen LogP contribution in [0.2, 0.25) is 0 Å². The Morgan fingerprint density at radius 2 is 1.74 bits per heavy atom. The Morgan fingerprint density at radius 3 is 2.44 bits per heavy atom. The number of carbonyl (C=O) groups excluding carboxylic acids is 1. The van der Waals surface area contributed by atoms with Crippen molar-refractivity contribution in [2.75, 3.05) is 5.32 Å². The standard InChI is InChI=1S/C21H14N2O4/c24-20(22-14-9-7-13(8-10-14)21(25)26)16-12-18(19-6-3-11-27-19)23-17-5-2-1-4-15(16)17/h1-12H,(H,22,24)(H,25,26). The molecule has 0 saturated carbocycles. The van der Waals surface area contributed by atoms with Crippen LogP contribution in [0.25, 0.3) is 22.4 Å². The summed E-state index contributed by atoms with van der Waals surface area (Å²) in [6.07, 6.45) is 1.55. The number of nitrogens with zero attached hydrogens (tertiary/aromatic N) is 1. The number of carbonyl (C=O) groups is 2. The second kappa shape index (κ2) is 6.76. The molecular weight excluding hydrogens is 344 g/mol. The summed E-state index contributed by atoms with van der Waals surface area (Å²) in [6.45, 7) is 0. The van der Waals surface area contributed by atoms with Crippen LogP contribution in [-0.4, -0.2) is 22.0 Å². The van der Waals surface area contributed by atoms with Gasteiger partial charge < -0.3 is 14.8 Å². The minimum atomic E-state index is -1.02. The maximum absolute atomic E-state index is 12.9. The molecule has 0 aliphatic heterocycles. The van der Waals surface area contributed by atoms with Crippen LogP contribution in [0.5, 0.6) is 0 Å². The van der Waals surface area contributed by atoms with Crippen LogP contribution < -0.4 is 5.32 Å². The zero-order valence-corrected chi connectivity index (χ0v) is 14.0. The van der Waals surface area contributed by atoms with Gasteiger partial charge in [-0.25, -0.2) is 9.78 Å². The molecule has 0 fully saturated rings.